The van der Waals surface area contributed by atoms with E-state index < -0.39 is 57.2 Å². The van der Waals surface area contributed by atoms with Gasteiger partial charge in [-0.3, -0.25) is 9.59 Å². The second-order valence-corrected chi connectivity index (χ2v) is 8.93. The number of rotatable bonds is 6. The van der Waals surface area contributed by atoms with E-state index in [1.54, 1.807) is 12.1 Å². The zero-order valence-corrected chi connectivity index (χ0v) is 21.3. The van der Waals surface area contributed by atoms with E-state index in [4.69, 9.17) is 23.4 Å². The summed E-state index contributed by atoms with van der Waals surface area (Å²) in [5.41, 5.74) is -1.08. The van der Waals surface area contributed by atoms with Gasteiger partial charge >= 0.3 is 5.97 Å². The van der Waals surface area contributed by atoms with E-state index in [1.807, 2.05) is 0 Å². The third kappa shape index (κ3) is 4.38. The summed E-state index contributed by atoms with van der Waals surface area (Å²) in [6, 6.07) is 7.51. The van der Waals surface area contributed by atoms with Crippen LogP contribution in [-0.4, -0.2) is 58.9 Å². The van der Waals surface area contributed by atoms with Crippen molar-refractivity contribution < 1.29 is 53.7 Å². The van der Waals surface area contributed by atoms with E-state index in [-0.39, 0.29) is 35.5 Å². The molecule has 2 heterocycles. The SMILES string of the molecule is COC(=O)C[C@H](c1cc(OC)c2c(c1)OCCO2)c1c(O)cc(O)c2c(=O)c(O)c(-c3ccc(O)c(O)c3)oc12. The van der Waals surface area contributed by atoms with Gasteiger partial charge in [0.1, 0.15) is 35.7 Å². The van der Waals surface area contributed by atoms with E-state index >= 15 is 0 Å². The molecule has 0 unspecified atom stereocenters. The van der Waals surface area contributed by atoms with Gasteiger partial charge in [0.15, 0.2) is 28.8 Å². The molecule has 0 saturated carbocycles. The molecule has 0 radical (unpaired) electrons. The summed E-state index contributed by atoms with van der Waals surface area (Å²) in [5.74, 6) is -4.30. The number of aromatic hydroxyl groups is 5. The number of esters is 1. The lowest BCUT2D eigenvalue weighted by atomic mass is 9.86. The minimum absolute atomic E-state index is 0.00565. The van der Waals surface area contributed by atoms with Crippen molar-refractivity contribution in [1.29, 1.82) is 0 Å². The van der Waals surface area contributed by atoms with Crippen LogP contribution in [0.3, 0.4) is 0 Å². The average molecular weight is 552 g/mol. The predicted octanol–water partition coefficient (Wildman–Crippen LogP) is 3.46. The normalized spacial score (nSPS) is 13.2. The molecule has 1 aromatic heterocycles. The molecule has 0 fully saturated rings. The van der Waals surface area contributed by atoms with Crippen molar-refractivity contribution >= 4 is 16.9 Å². The lowest BCUT2D eigenvalue weighted by molar-refractivity contribution is -0.140. The van der Waals surface area contributed by atoms with Gasteiger partial charge in [-0.1, -0.05) is 0 Å². The molecule has 0 bridgehead atoms. The van der Waals surface area contributed by atoms with E-state index in [2.05, 4.69) is 0 Å². The Bertz CT molecular complexity index is 1690. The van der Waals surface area contributed by atoms with Gasteiger partial charge in [-0.25, -0.2) is 0 Å². The standard InChI is InChI=1S/C28H24O12/c1-36-19-8-13(9-20-27(19)39-6-5-38-20)14(10-21(33)37-2)22-17(31)11-18(32)23-24(34)25(35)26(40-28(22)23)12-3-4-15(29)16(30)7-12/h3-4,7-9,11,14,29-32,35H,5-6,10H2,1-2H3/t14-/m1/s1. The molecule has 5 rings (SSSR count). The maximum Gasteiger partial charge on any atom is 0.306 e. The second-order valence-electron chi connectivity index (χ2n) is 8.93. The summed E-state index contributed by atoms with van der Waals surface area (Å²) in [4.78, 5) is 25.9. The van der Waals surface area contributed by atoms with Crippen LogP contribution in [0.1, 0.15) is 23.5 Å². The Morgan fingerprint density at radius 2 is 1.68 bits per heavy atom. The van der Waals surface area contributed by atoms with Gasteiger partial charge in [0, 0.05) is 23.1 Å². The summed E-state index contributed by atoms with van der Waals surface area (Å²) in [6.45, 7) is 0.549. The fourth-order valence-corrected chi connectivity index (χ4v) is 4.67. The number of fused-ring (bicyclic) bond motifs is 2. The van der Waals surface area contributed by atoms with E-state index in [0.717, 1.165) is 18.2 Å². The van der Waals surface area contributed by atoms with Crippen LogP contribution in [0.4, 0.5) is 0 Å². The number of ether oxygens (including phenoxy) is 4. The molecule has 208 valence electrons. The van der Waals surface area contributed by atoms with Crippen LogP contribution in [0.25, 0.3) is 22.3 Å². The molecule has 1 aliphatic rings. The van der Waals surface area contributed by atoms with Crippen LogP contribution in [0.15, 0.2) is 45.6 Å². The molecule has 40 heavy (non-hydrogen) atoms. The number of carbonyl (C=O) groups is 1. The molecule has 0 saturated heterocycles. The van der Waals surface area contributed by atoms with Crippen molar-refractivity contribution in [3.8, 4) is 57.3 Å². The lowest BCUT2D eigenvalue weighted by Crippen LogP contribution is -2.17. The minimum Gasteiger partial charge on any atom is -0.507 e. The largest absolute Gasteiger partial charge is 0.507 e. The molecule has 5 N–H and O–H groups in total. The van der Waals surface area contributed by atoms with Crippen LogP contribution in [0.2, 0.25) is 0 Å². The number of hydrogen-bond donors (Lipinski definition) is 5. The highest BCUT2D eigenvalue weighted by atomic mass is 16.6. The van der Waals surface area contributed by atoms with Gasteiger partial charge in [-0.15, -0.1) is 0 Å². The Kier molecular flexibility index (Phi) is 6.68. The Morgan fingerprint density at radius 1 is 0.925 bits per heavy atom. The Labute approximate surface area is 225 Å². The van der Waals surface area contributed by atoms with Crippen molar-refractivity contribution in [2.24, 2.45) is 0 Å². The number of hydrogen-bond acceptors (Lipinski definition) is 12. The highest BCUT2D eigenvalue weighted by Crippen LogP contribution is 2.48. The van der Waals surface area contributed by atoms with Crippen LogP contribution in [-0.2, 0) is 9.53 Å². The lowest BCUT2D eigenvalue weighted by Gasteiger charge is -2.25. The molecule has 0 spiro atoms. The zero-order valence-electron chi connectivity index (χ0n) is 21.3. The number of benzene rings is 3. The summed E-state index contributed by atoms with van der Waals surface area (Å²) < 4.78 is 27.7. The number of phenolic OH excluding ortho intramolecular Hbond substituents is 4. The van der Waals surface area contributed by atoms with Gasteiger partial charge in [-0.05, 0) is 35.9 Å². The molecule has 0 aliphatic carbocycles. The molecule has 1 atom stereocenters. The van der Waals surface area contributed by atoms with E-state index in [0.29, 0.717) is 23.7 Å². The van der Waals surface area contributed by atoms with Gasteiger partial charge < -0.3 is 48.9 Å². The summed E-state index contributed by atoms with van der Waals surface area (Å²) in [6.07, 6.45) is -0.355. The van der Waals surface area contributed by atoms with Gasteiger partial charge in [0.2, 0.25) is 16.9 Å². The number of methoxy groups -OCH3 is 2. The Morgan fingerprint density at radius 3 is 2.38 bits per heavy atom. The van der Waals surface area contributed by atoms with Crippen LogP contribution < -0.4 is 19.6 Å². The number of phenols is 4. The maximum absolute atomic E-state index is 13.3. The van der Waals surface area contributed by atoms with Crippen molar-refractivity contribution in [1.82, 2.24) is 0 Å². The highest BCUT2D eigenvalue weighted by Gasteiger charge is 2.32. The van der Waals surface area contributed by atoms with Crippen LogP contribution in [0.5, 0.6) is 46.0 Å². The van der Waals surface area contributed by atoms with Crippen molar-refractivity contribution in [2.45, 2.75) is 12.3 Å². The summed E-state index contributed by atoms with van der Waals surface area (Å²) >= 11 is 0. The minimum atomic E-state index is -1.05. The molecule has 1 aliphatic heterocycles. The second kappa shape index (κ2) is 10.1. The first-order valence-electron chi connectivity index (χ1n) is 12.0. The number of carbonyl (C=O) groups excluding carboxylic acids is 1. The van der Waals surface area contributed by atoms with Crippen LogP contribution >= 0.6 is 0 Å². The highest BCUT2D eigenvalue weighted by molar-refractivity contribution is 5.92. The average Bonchev–Trinajstić information content (AvgIpc) is 2.94. The van der Waals surface area contributed by atoms with E-state index in [1.165, 1.54) is 20.3 Å². The topological polar surface area (TPSA) is 185 Å². The Balaban J connectivity index is 1.83. The third-order valence-corrected chi connectivity index (χ3v) is 6.58. The quantitative estimate of drug-likeness (QED) is 0.174. The van der Waals surface area contributed by atoms with Crippen molar-refractivity contribution in [3.63, 3.8) is 0 Å². The zero-order chi connectivity index (χ0) is 28.7. The monoisotopic (exact) mass is 552 g/mol. The maximum atomic E-state index is 13.3. The molecule has 12 nitrogen and oxygen atoms in total. The molecule has 3 aromatic carbocycles. The smallest absolute Gasteiger partial charge is 0.306 e. The summed E-state index contributed by atoms with van der Waals surface area (Å²) in [7, 11) is 2.60. The molecule has 0 amide bonds. The molecule has 4 aromatic rings. The Hall–Kier alpha value is -5.26. The van der Waals surface area contributed by atoms with Gasteiger partial charge in [0.25, 0.3) is 0 Å². The predicted molar refractivity (Wildman–Crippen MR) is 139 cm³/mol. The van der Waals surface area contributed by atoms with Gasteiger partial charge in [0.05, 0.1) is 20.6 Å². The van der Waals surface area contributed by atoms with Crippen molar-refractivity contribution in [2.75, 3.05) is 27.4 Å². The van der Waals surface area contributed by atoms with Crippen LogP contribution in [0, 0.1) is 0 Å². The fraction of sp³-hybridized carbons (Fsp3) is 0.214. The molecular formula is C28H24O12. The molecular weight excluding hydrogens is 528 g/mol. The summed E-state index contributed by atoms with van der Waals surface area (Å²) in [5, 5.41) is 51.6. The first-order chi connectivity index (χ1) is 19.1. The van der Waals surface area contributed by atoms with Crippen molar-refractivity contribution in [3.05, 3.63) is 57.7 Å². The van der Waals surface area contributed by atoms with Gasteiger partial charge in [-0.2, -0.15) is 0 Å². The first kappa shape index (κ1) is 26.4. The third-order valence-electron chi connectivity index (χ3n) is 6.58. The first-order valence-corrected chi connectivity index (χ1v) is 12.0. The van der Waals surface area contributed by atoms with E-state index in [9.17, 15) is 35.1 Å². The fourth-order valence-electron chi connectivity index (χ4n) is 4.67. The molecule has 12 heteroatoms.